The molecular formula is C21H29ClN4O3. The number of nitrogens with zero attached hydrogens (tertiary/aromatic N) is 2. The van der Waals surface area contributed by atoms with Crippen molar-refractivity contribution < 1.29 is 14.3 Å². The van der Waals surface area contributed by atoms with Crippen molar-refractivity contribution in [3.63, 3.8) is 0 Å². The first-order valence-electron chi connectivity index (χ1n) is 10.1. The number of benzene rings is 1. The summed E-state index contributed by atoms with van der Waals surface area (Å²) >= 11 is 6.17. The number of amides is 2. The van der Waals surface area contributed by atoms with E-state index in [1.807, 2.05) is 25.1 Å². The Hall–Kier alpha value is -2.25. The van der Waals surface area contributed by atoms with E-state index in [2.05, 4.69) is 27.4 Å². The average molecular weight is 421 g/mol. The predicted molar refractivity (Wildman–Crippen MR) is 114 cm³/mol. The molecule has 3 rings (SSSR count). The zero-order chi connectivity index (χ0) is 21.0. The van der Waals surface area contributed by atoms with Gasteiger partial charge in [-0.05, 0) is 38.0 Å². The number of rotatable bonds is 6. The summed E-state index contributed by atoms with van der Waals surface area (Å²) in [7, 11) is 0. The molecular weight excluding hydrogens is 392 g/mol. The Labute approximate surface area is 177 Å². The number of aryl methyl sites for hydroxylation is 1. The highest BCUT2D eigenvalue weighted by atomic mass is 35.5. The summed E-state index contributed by atoms with van der Waals surface area (Å²) in [6.07, 6.45) is 0.632. The van der Waals surface area contributed by atoms with Gasteiger partial charge in [-0.3, -0.25) is 4.90 Å². The van der Waals surface area contributed by atoms with Crippen LogP contribution in [-0.4, -0.2) is 62.3 Å². The molecule has 2 amide bonds. The number of nitrogens with one attached hydrogen (secondary N) is 2. The maximum absolute atomic E-state index is 12.5. The fourth-order valence-corrected chi connectivity index (χ4v) is 4.05. The van der Waals surface area contributed by atoms with E-state index in [0.29, 0.717) is 30.8 Å². The third-order valence-corrected chi connectivity index (χ3v) is 5.65. The standard InChI is InChI=1S/C21H29ClN4O3/c1-4-16-19(20(27)29-5-2)17(24-21(28)23-16)13-25-8-10-26(11-9-25)18-12-15(22)7-6-14(18)3/h6-7,12,16H,4-5,8-11,13H2,1-3H3,(H2,23,24,28)/t16-/m0/s1. The van der Waals surface area contributed by atoms with Gasteiger partial charge in [0.2, 0.25) is 0 Å². The molecule has 1 fully saturated rings. The molecule has 2 N–H and O–H groups in total. The van der Waals surface area contributed by atoms with E-state index in [9.17, 15) is 9.59 Å². The van der Waals surface area contributed by atoms with Gasteiger partial charge in [0.05, 0.1) is 18.2 Å². The number of hydrogen-bond acceptors (Lipinski definition) is 5. The Morgan fingerprint density at radius 1 is 1.24 bits per heavy atom. The van der Waals surface area contributed by atoms with Crippen LogP contribution in [0, 0.1) is 6.92 Å². The summed E-state index contributed by atoms with van der Waals surface area (Å²) in [6.45, 7) is 9.99. The number of piperazine rings is 1. The molecule has 0 bridgehead atoms. The third kappa shape index (κ3) is 5.03. The van der Waals surface area contributed by atoms with Gasteiger partial charge in [-0.15, -0.1) is 0 Å². The number of carbonyl (C=O) groups is 2. The highest BCUT2D eigenvalue weighted by Crippen LogP contribution is 2.26. The van der Waals surface area contributed by atoms with Crippen LogP contribution in [0.3, 0.4) is 0 Å². The number of halogens is 1. The fraction of sp³-hybridized carbons (Fsp3) is 0.524. The zero-order valence-electron chi connectivity index (χ0n) is 17.3. The van der Waals surface area contributed by atoms with Gasteiger partial charge in [-0.2, -0.15) is 0 Å². The lowest BCUT2D eigenvalue weighted by Gasteiger charge is -2.38. The number of hydrogen-bond donors (Lipinski definition) is 2. The van der Waals surface area contributed by atoms with Gasteiger partial charge in [-0.1, -0.05) is 24.6 Å². The van der Waals surface area contributed by atoms with Crippen molar-refractivity contribution in [2.45, 2.75) is 33.2 Å². The van der Waals surface area contributed by atoms with Crippen molar-refractivity contribution in [1.29, 1.82) is 0 Å². The van der Waals surface area contributed by atoms with E-state index < -0.39 is 0 Å². The van der Waals surface area contributed by atoms with E-state index in [4.69, 9.17) is 16.3 Å². The van der Waals surface area contributed by atoms with Crippen molar-refractivity contribution >= 4 is 29.3 Å². The molecule has 2 heterocycles. The minimum absolute atomic E-state index is 0.270. The van der Waals surface area contributed by atoms with Crippen molar-refractivity contribution in [2.75, 3.05) is 44.2 Å². The van der Waals surface area contributed by atoms with Gasteiger partial charge in [-0.25, -0.2) is 9.59 Å². The maximum atomic E-state index is 12.5. The van der Waals surface area contributed by atoms with Crippen LogP contribution in [-0.2, 0) is 9.53 Å². The average Bonchev–Trinajstić information content (AvgIpc) is 2.70. The lowest BCUT2D eigenvalue weighted by Crippen LogP contribution is -2.54. The molecule has 1 saturated heterocycles. The van der Waals surface area contributed by atoms with E-state index in [1.165, 1.54) is 5.56 Å². The van der Waals surface area contributed by atoms with Crippen LogP contribution in [0.5, 0.6) is 0 Å². The minimum Gasteiger partial charge on any atom is -0.463 e. The van der Waals surface area contributed by atoms with Gasteiger partial charge in [0, 0.05) is 49.1 Å². The second-order valence-corrected chi connectivity index (χ2v) is 7.80. The quantitative estimate of drug-likeness (QED) is 0.692. The molecule has 0 unspecified atom stereocenters. The number of urea groups is 1. The molecule has 8 heteroatoms. The second-order valence-electron chi connectivity index (χ2n) is 7.37. The van der Waals surface area contributed by atoms with Gasteiger partial charge in [0.25, 0.3) is 0 Å². The van der Waals surface area contributed by atoms with Crippen LogP contribution in [0.15, 0.2) is 29.5 Å². The Morgan fingerprint density at radius 3 is 2.62 bits per heavy atom. The molecule has 0 spiro atoms. The van der Waals surface area contributed by atoms with Crippen LogP contribution in [0.4, 0.5) is 10.5 Å². The molecule has 158 valence electrons. The van der Waals surface area contributed by atoms with E-state index in [1.54, 1.807) is 6.92 Å². The molecule has 1 aromatic rings. The highest BCUT2D eigenvalue weighted by molar-refractivity contribution is 6.30. The largest absolute Gasteiger partial charge is 0.463 e. The Bertz CT molecular complexity index is 803. The summed E-state index contributed by atoms with van der Waals surface area (Å²) < 4.78 is 5.24. The summed E-state index contributed by atoms with van der Waals surface area (Å²) in [6, 6.07) is 5.36. The van der Waals surface area contributed by atoms with E-state index in [-0.39, 0.29) is 18.0 Å². The number of carbonyl (C=O) groups excluding carboxylic acids is 2. The van der Waals surface area contributed by atoms with Gasteiger partial charge in [0.15, 0.2) is 0 Å². The number of anilines is 1. The summed E-state index contributed by atoms with van der Waals surface area (Å²) in [5.41, 5.74) is 3.53. The zero-order valence-corrected chi connectivity index (χ0v) is 18.0. The second kappa shape index (κ2) is 9.50. The van der Waals surface area contributed by atoms with Crippen LogP contribution >= 0.6 is 11.6 Å². The van der Waals surface area contributed by atoms with Gasteiger partial charge < -0.3 is 20.3 Å². The highest BCUT2D eigenvalue weighted by Gasteiger charge is 2.32. The maximum Gasteiger partial charge on any atom is 0.337 e. The molecule has 1 atom stereocenters. The number of ether oxygens (including phenoxy) is 1. The van der Waals surface area contributed by atoms with Gasteiger partial charge in [0.1, 0.15) is 0 Å². The monoisotopic (exact) mass is 420 g/mol. The predicted octanol–water partition coefficient (Wildman–Crippen LogP) is 2.68. The molecule has 1 aromatic carbocycles. The first-order chi connectivity index (χ1) is 13.9. The van der Waals surface area contributed by atoms with E-state index >= 15 is 0 Å². The van der Waals surface area contributed by atoms with Crippen LogP contribution in [0.2, 0.25) is 5.02 Å². The van der Waals surface area contributed by atoms with E-state index in [0.717, 1.165) is 36.9 Å². The minimum atomic E-state index is -0.366. The lowest BCUT2D eigenvalue weighted by molar-refractivity contribution is -0.139. The number of esters is 1. The van der Waals surface area contributed by atoms with Crippen LogP contribution in [0.25, 0.3) is 0 Å². The molecule has 0 aliphatic carbocycles. The molecule has 2 aliphatic rings. The Balaban J connectivity index is 1.72. The molecule has 29 heavy (non-hydrogen) atoms. The summed E-state index contributed by atoms with van der Waals surface area (Å²) in [5.74, 6) is -0.366. The SMILES string of the molecule is CCOC(=O)C1=C(CN2CCN(c3cc(Cl)ccc3C)CC2)NC(=O)N[C@H]1CC. The Kier molecular flexibility index (Phi) is 7.03. The first-order valence-corrected chi connectivity index (χ1v) is 10.5. The molecule has 0 aromatic heterocycles. The Morgan fingerprint density at radius 2 is 1.97 bits per heavy atom. The van der Waals surface area contributed by atoms with Crippen molar-refractivity contribution in [3.8, 4) is 0 Å². The van der Waals surface area contributed by atoms with Crippen molar-refractivity contribution in [3.05, 3.63) is 40.1 Å². The van der Waals surface area contributed by atoms with Crippen LogP contribution in [0.1, 0.15) is 25.8 Å². The molecule has 0 saturated carbocycles. The fourth-order valence-electron chi connectivity index (χ4n) is 3.88. The summed E-state index contributed by atoms with van der Waals surface area (Å²) in [4.78, 5) is 29.2. The molecule has 2 aliphatic heterocycles. The molecule has 7 nitrogen and oxygen atoms in total. The van der Waals surface area contributed by atoms with Crippen LogP contribution < -0.4 is 15.5 Å². The normalized spacial score (nSPS) is 20.3. The van der Waals surface area contributed by atoms with Crippen molar-refractivity contribution in [1.82, 2.24) is 15.5 Å². The first kappa shape index (κ1) is 21.5. The summed E-state index contributed by atoms with van der Waals surface area (Å²) in [5, 5.41) is 6.38. The third-order valence-electron chi connectivity index (χ3n) is 5.41. The lowest BCUT2D eigenvalue weighted by atomic mass is 10.00. The topological polar surface area (TPSA) is 73.9 Å². The van der Waals surface area contributed by atoms with Gasteiger partial charge >= 0.3 is 12.0 Å². The molecule has 0 radical (unpaired) electrons. The van der Waals surface area contributed by atoms with Crippen molar-refractivity contribution in [2.24, 2.45) is 0 Å². The smallest absolute Gasteiger partial charge is 0.337 e.